The second kappa shape index (κ2) is 8.47. The Balaban J connectivity index is 1.80. The molecule has 0 spiro atoms. The van der Waals surface area contributed by atoms with Gasteiger partial charge >= 0.3 is 0 Å². The molecular weight excluding hydrogens is 426 g/mol. The molecule has 2 unspecified atom stereocenters. The molecule has 0 aromatic heterocycles. The Morgan fingerprint density at radius 3 is 2.69 bits per heavy atom. The van der Waals surface area contributed by atoms with Gasteiger partial charge in [0.1, 0.15) is 0 Å². The number of carbonyl (C=O) groups excluding carboxylic acids is 1. The van der Waals surface area contributed by atoms with E-state index in [9.17, 15) is 18.3 Å². The maximum absolute atomic E-state index is 13.4. The van der Waals surface area contributed by atoms with Gasteiger partial charge in [0.2, 0.25) is 10.0 Å². The van der Waals surface area contributed by atoms with Crippen LogP contribution in [0.15, 0.2) is 46.4 Å². The Bertz CT molecular complexity index is 1140. The first-order valence-electron chi connectivity index (χ1n) is 11.1. The molecule has 2 atom stereocenters. The van der Waals surface area contributed by atoms with Crippen LogP contribution < -0.4 is 4.90 Å². The van der Waals surface area contributed by atoms with E-state index >= 15 is 0 Å². The van der Waals surface area contributed by atoms with E-state index in [1.54, 1.807) is 6.07 Å². The Morgan fingerprint density at radius 2 is 2.00 bits per heavy atom. The fraction of sp³-hybridized carbons (Fsp3) is 0.500. The average molecular weight is 456 g/mol. The highest BCUT2D eigenvalue weighted by atomic mass is 32.2. The third-order valence-electron chi connectivity index (χ3n) is 6.95. The van der Waals surface area contributed by atoms with Crippen molar-refractivity contribution in [2.24, 2.45) is 5.92 Å². The Morgan fingerprint density at radius 1 is 1.28 bits per heavy atom. The van der Waals surface area contributed by atoms with E-state index < -0.39 is 21.5 Å². The predicted octanol–water partition coefficient (Wildman–Crippen LogP) is 3.22. The molecule has 0 saturated carbocycles. The summed E-state index contributed by atoms with van der Waals surface area (Å²) in [5, 5.41) is 20.8. The van der Waals surface area contributed by atoms with Gasteiger partial charge in [0, 0.05) is 31.6 Å². The van der Waals surface area contributed by atoms with E-state index in [4.69, 9.17) is 5.26 Å². The summed E-state index contributed by atoms with van der Waals surface area (Å²) >= 11 is 0. The van der Waals surface area contributed by atoms with Crippen molar-refractivity contribution in [2.45, 2.75) is 56.4 Å². The molecule has 4 rings (SSSR count). The number of nitriles is 1. The summed E-state index contributed by atoms with van der Waals surface area (Å²) in [6, 6.07) is 6.59. The number of hydrogen-bond donors (Lipinski definition) is 1. The molecular formula is C24H29N3O4S. The minimum atomic E-state index is -3.70. The van der Waals surface area contributed by atoms with E-state index in [-0.39, 0.29) is 24.3 Å². The molecule has 0 radical (unpaired) electrons. The van der Waals surface area contributed by atoms with Gasteiger partial charge in [-0.05, 0) is 55.9 Å². The van der Waals surface area contributed by atoms with Gasteiger partial charge in [-0.3, -0.25) is 4.79 Å². The molecule has 8 heteroatoms. The van der Waals surface area contributed by atoms with Crippen LogP contribution in [0, 0.1) is 17.2 Å². The zero-order valence-corrected chi connectivity index (χ0v) is 19.4. The molecule has 1 amide bonds. The van der Waals surface area contributed by atoms with Crippen LogP contribution in [0.25, 0.3) is 0 Å². The molecule has 32 heavy (non-hydrogen) atoms. The second-order valence-electron chi connectivity index (χ2n) is 8.94. The zero-order chi connectivity index (χ0) is 23.1. The number of sulfonamides is 1. The highest BCUT2D eigenvalue weighted by Crippen LogP contribution is 2.46. The molecule has 170 valence electrons. The van der Waals surface area contributed by atoms with E-state index in [1.165, 1.54) is 21.3 Å². The smallest absolute Gasteiger partial charge is 0.264 e. The zero-order valence-electron chi connectivity index (χ0n) is 18.5. The van der Waals surface area contributed by atoms with Crippen LogP contribution in [0.1, 0.15) is 51.5 Å². The summed E-state index contributed by atoms with van der Waals surface area (Å²) < 4.78 is 27.7. The van der Waals surface area contributed by atoms with Crippen LogP contribution in [0.2, 0.25) is 0 Å². The lowest BCUT2D eigenvalue weighted by atomic mass is 9.81. The van der Waals surface area contributed by atoms with Crippen molar-refractivity contribution in [2.75, 3.05) is 24.5 Å². The number of fused-ring (bicyclic) bond motifs is 1. The monoisotopic (exact) mass is 455 g/mol. The molecule has 1 aromatic rings. The molecule has 1 N–H and O–H groups in total. The topological polar surface area (TPSA) is 102 Å². The Kier molecular flexibility index (Phi) is 6.01. The molecule has 0 bridgehead atoms. The van der Waals surface area contributed by atoms with Crippen LogP contribution in [-0.2, 0) is 20.4 Å². The van der Waals surface area contributed by atoms with Gasteiger partial charge in [0.05, 0.1) is 23.1 Å². The molecule has 2 aliphatic heterocycles. The first-order chi connectivity index (χ1) is 15.2. The number of aliphatic hydroxyl groups is 1. The summed E-state index contributed by atoms with van der Waals surface area (Å²) in [7, 11) is -3.70. The number of carbonyl (C=O) groups is 1. The van der Waals surface area contributed by atoms with Gasteiger partial charge in [-0.1, -0.05) is 24.6 Å². The predicted molar refractivity (Wildman–Crippen MR) is 121 cm³/mol. The second-order valence-corrected chi connectivity index (χ2v) is 10.9. The van der Waals surface area contributed by atoms with Crippen molar-refractivity contribution in [3.8, 4) is 6.07 Å². The lowest BCUT2D eigenvalue weighted by molar-refractivity contribution is -0.135. The van der Waals surface area contributed by atoms with Gasteiger partial charge < -0.3 is 10.0 Å². The number of nitrogens with zero attached hydrogens (tertiary/aromatic N) is 3. The standard InChI is InChI=1S/C24H29N3O4S/c1-17-7-5-8-19(18(17)2)16-24(29)21-15-20(32(30,31)26-12-3-4-13-26)9-10-22(21)27(23(24)28)14-6-11-25/h5,8-10,15,17,29H,3-4,6-7,12-14,16H2,1-2H3. The summed E-state index contributed by atoms with van der Waals surface area (Å²) in [4.78, 5) is 14.9. The normalized spacial score (nSPS) is 26.0. The highest BCUT2D eigenvalue weighted by molar-refractivity contribution is 7.89. The molecule has 2 heterocycles. The SMILES string of the molecule is CC1=C(CC2(O)C(=O)N(CCC#N)c3ccc(S(=O)(=O)N4CCCC4)cc32)C=CCC1C. The van der Waals surface area contributed by atoms with Crippen molar-refractivity contribution in [1.29, 1.82) is 5.26 Å². The van der Waals surface area contributed by atoms with Gasteiger partial charge in [-0.2, -0.15) is 9.57 Å². The summed E-state index contributed by atoms with van der Waals surface area (Å²) in [5.41, 5.74) is 0.901. The first kappa shape index (κ1) is 22.7. The number of anilines is 1. The number of benzene rings is 1. The highest BCUT2D eigenvalue weighted by Gasteiger charge is 2.50. The van der Waals surface area contributed by atoms with Crippen molar-refractivity contribution in [1.82, 2.24) is 4.31 Å². The molecule has 3 aliphatic rings. The van der Waals surface area contributed by atoms with Gasteiger partial charge in [-0.25, -0.2) is 8.42 Å². The maximum Gasteiger partial charge on any atom is 0.264 e. The van der Waals surface area contributed by atoms with Crippen LogP contribution in [0.4, 0.5) is 5.69 Å². The van der Waals surface area contributed by atoms with Crippen LogP contribution in [-0.4, -0.2) is 43.4 Å². The molecule has 1 saturated heterocycles. The lowest BCUT2D eigenvalue weighted by Crippen LogP contribution is -2.41. The third-order valence-corrected chi connectivity index (χ3v) is 8.85. The van der Waals surface area contributed by atoms with Crippen LogP contribution in [0.5, 0.6) is 0 Å². The summed E-state index contributed by atoms with van der Waals surface area (Å²) in [6.45, 7) is 5.21. The van der Waals surface area contributed by atoms with E-state index in [2.05, 4.69) is 6.92 Å². The fourth-order valence-corrected chi connectivity index (χ4v) is 6.38. The van der Waals surface area contributed by atoms with E-state index in [1.807, 2.05) is 25.1 Å². The first-order valence-corrected chi connectivity index (χ1v) is 12.6. The van der Waals surface area contributed by atoms with Gasteiger partial charge in [-0.15, -0.1) is 0 Å². The van der Waals surface area contributed by atoms with Gasteiger partial charge in [0.15, 0.2) is 5.60 Å². The molecule has 1 aliphatic carbocycles. The quantitative estimate of drug-likeness (QED) is 0.710. The maximum atomic E-state index is 13.4. The largest absolute Gasteiger partial charge is 0.375 e. The molecule has 1 fully saturated rings. The van der Waals surface area contributed by atoms with E-state index in [0.717, 1.165) is 30.4 Å². The summed E-state index contributed by atoms with van der Waals surface area (Å²) in [5.74, 6) is -0.198. The minimum absolute atomic E-state index is 0.0712. The minimum Gasteiger partial charge on any atom is -0.375 e. The Labute approximate surface area is 189 Å². The van der Waals surface area contributed by atoms with Crippen molar-refractivity contribution in [3.63, 3.8) is 0 Å². The number of hydrogen-bond acceptors (Lipinski definition) is 5. The lowest BCUT2D eigenvalue weighted by Gasteiger charge is -2.27. The summed E-state index contributed by atoms with van der Waals surface area (Å²) in [6.07, 6.45) is 6.74. The fourth-order valence-electron chi connectivity index (χ4n) is 4.84. The third kappa shape index (κ3) is 3.68. The van der Waals surface area contributed by atoms with Gasteiger partial charge in [0.25, 0.3) is 5.91 Å². The molecule has 7 nitrogen and oxygen atoms in total. The van der Waals surface area contributed by atoms with Crippen LogP contribution >= 0.6 is 0 Å². The Hall–Kier alpha value is -2.47. The number of amides is 1. The molecule has 1 aromatic carbocycles. The number of allylic oxidation sites excluding steroid dienone is 3. The van der Waals surface area contributed by atoms with Crippen molar-refractivity contribution >= 4 is 21.6 Å². The van der Waals surface area contributed by atoms with Crippen molar-refractivity contribution in [3.05, 3.63) is 47.1 Å². The van der Waals surface area contributed by atoms with Crippen LogP contribution in [0.3, 0.4) is 0 Å². The average Bonchev–Trinajstić information content (AvgIpc) is 3.38. The van der Waals surface area contributed by atoms with E-state index in [0.29, 0.717) is 30.3 Å². The van der Waals surface area contributed by atoms with Crippen molar-refractivity contribution < 1.29 is 18.3 Å². The number of rotatable bonds is 6.